The summed E-state index contributed by atoms with van der Waals surface area (Å²) in [7, 11) is 0. The van der Waals surface area contributed by atoms with Crippen LogP contribution >= 0.6 is 0 Å². The van der Waals surface area contributed by atoms with Gasteiger partial charge in [0.05, 0.1) is 6.10 Å². The molecule has 6 atom stereocenters. The molecule has 0 aliphatic heterocycles. The zero-order valence-corrected chi connectivity index (χ0v) is 14.2. The third kappa shape index (κ3) is 2.94. The fraction of sp³-hybridized carbons (Fsp3) is 0.750. The molecule has 3 nitrogen and oxygen atoms in total. The Morgan fingerprint density at radius 3 is 3.09 bits per heavy atom. The third-order valence-corrected chi connectivity index (χ3v) is 6.88. The lowest BCUT2D eigenvalue weighted by molar-refractivity contribution is -0.115. The molecule has 0 saturated heterocycles. The van der Waals surface area contributed by atoms with Crippen LogP contribution in [-0.4, -0.2) is 23.7 Å². The summed E-state index contributed by atoms with van der Waals surface area (Å²) < 4.78 is 0. The first-order valence-electron chi connectivity index (χ1n) is 9.07. The zero-order valence-electron chi connectivity index (χ0n) is 14.2. The first-order valence-corrected chi connectivity index (χ1v) is 9.07. The maximum atomic E-state index is 11.1. The highest BCUT2D eigenvalue weighted by molar-refractivity contribution is 5.92. The molecule has 2 N–H and O–H groups in total. The van der Waals surface area contributed by atoms with E-state index in [0.29, 0.717) is 35.6 Å². The number of carbonyl (C=O) groups is 1. The molecule has 0 aromatic carbocycles. The van der Waals surface area contributed by atoms with Crippen LogP contribution in [0.2, 0.25) is 0 Å². The lowest BCUT2D eigenvalue weighted by Crippen LogP contribution is -2.50. The third-order valence-electron chi connectivity index (χ3n) is 6.88. The highest BCUT2D eigenvalue weighted by Crippen LogP contribution is 2.64. The van der Waals surface area contributed by atoms with Crippen LogP contribution in [0.15, 0.2) is 12.2 Å². The Kier molecular flexibility index (Phi) is 4.56. The Morgan fingerprint density at radius 1 is 1.57 bits per heavy atom. The van der Waals surface area contributed by atoms with Crippen molar-refractivity contribution in [1.29, 1.82) is 0 Å². The van der Waals surface area contributed by atoms with Gasteiger partial charge >= 0.3 is 0 Å². The Balaban J connectivity index is 1.68. The molecular weight excluding hydrogens is 286 g/mol. The molecule has 0 heterocycles. The number of aliphatic hydroxyl groups is 1. The molecule has 3 rings (SSSR count). The number of allylic oxidation sites excluding steroid dienone is 1. The van der Waals surface area contributed by atoms with E-state index in [0.717, 1.165) is 25.7 Å². The fourth-order valence-electron chi connectivity index (χ4n) is 5.89. The summed E-state index contributed by atoms with van der Waals surface area (Å²) in [5.41, 5.74) is 1.68. The second kappa shape index (κ2) is 6.32. The smallest absolute Gasteiger partial charge is 0.295 e. The molecular formula is C20H29NO2. The van der Waals surface area contributed by atoms with Gasteiger partial charge in [-0.1, -0.05) is 19.1 Å². The molecule has 3 unspecified atom stereocenters. The number of rotatable bonds is 4. The van der Waals surface area contributed by atoms with Gasteiger partial charge in [-0.2, -0.15) is 0 Å². The quantitative estimate of drug-likeness (QED) is 0.476. The number of amides is 1. The minimum Gasteiger partial charge on any atom is -0.393 e. The lowest BCUT2D eigenvalue weighted by Gasteiger charge is -2.53. The summed E-state index contributed by atoms with van der Waals surface area (Å²) in [6.45, 7) is 7.26. The summed E-state index contributed by atoms with van der Waals surface area (Å²) in [6, 6.07) is 0. The van der Waals surface area contributed by atoms with E-state index < -0.39 is 0 Å². The highest BCUT2D eigenvalue weighted by Gasteiger charge is 2.58. The first-order chi connectivity index (χ1) is 11.0. The maximum absolute atomic E-state index is 11.1. The van der Waals surface area contributed by atoms with Crippen molar-refractivity contribution in [1.82, 2.24) is 5.32 Å². The van der Waals surface area contributed by atoms with Crippen molar-refractivity contribution in [2.24, 2.45) is 29.1 Å². The van der Waals surface area contributed by atoms with Gasteiger partial charge in [0.15, 0.2) is 0 Å². The van der Waals surface area contributed by atoms with Crippen LogP contribution < -0.4 is 5.32 Å². The van der Waals surface area contributed by atoms with Crippen LogP contribution in [0.3, 0.4) is 0 Å². The van der Waals surface area contributed by atoms with Gasteiger partial charge in [0.2, 0.25) is 0 Å². The topological polar surface area (TPSA) is 49.3 Å². The Labute approximate surface area is 139 Å². The Bertz CT molecular complexity index is 534. The number of carbonyl (C=O) groups excluding carboxylic acids is 1. The van der Waals surface area contributed by atoms with E-state index in [-0.39, 0.29) is 12.0 Å². The summed E-state index contributed by atoms with van der Waals surface area (Å²) in [6.07, 6.45) is 12.7. The number of aliphatic hydroxyl groups excluding tert-OH is 1. The molecule has 1 spiro atoms. The number of terminal acetylenes is 1. The molecule has 3 aliphatic carbocycles. The van der Waals surface area contributed by atoms with Gasteiger partial charge in [-0.15, -0.1) is 6.42 Å². The van der Waals surface area contributed by atoms with Gasteiger partial charge in [0, 0.05) is 6.54 Å². The maximum Gasteiger partial charge on any atom is 0.295 e. The van der Waals surface area contributed by atoms with E-state index in [1.165, 1.54) is 24.8 Å². The molecule has 23 heavy (non-hydrogen) atoms. The fourth-order valence-corrected chi connectivity index (χ4v) is 5.89. The second-order valence-electron chi connectivity index (χ2n) is 8.15. The molecule has 3 aliphatic rings. The summed E-state index contributed by atoms with van der Waals surface area (Å²) in [5.74, 6) is 3.91. The Morgan fingerprint density at radius 2 is 2.35 bits per heavy atom. The van der Waals surface area contributed by atoms with Crippen molar-refractivity contribution in [2.45, 2.75) is 58.0 Å². The first kappa shape index (κ1) is 16.6. The second-order valence-corrected chi connectivity index (χ2v) is 8.15. The minimum absolute atomic E-state index is 0.180. The van der Waals surface area contributed by atoms with Crippen molar-refractivity contribution in [3.8, 4) is 12.3 Å². The number of hydrogen-bond donors (Lipinski definition) is 2. The van der Waals surface area contributed by atoms with Crippen molar-refractivity contribution in [2.75, 3.05) is 6.54 Å². The van der Waals surface area contributed by atoms with E-state index in [9.17, 15) is 9.90 Å². The molecule has 3 fully saturated rings. The van der Waals surface area contributed by atoms with Crippen molar-refractivity contribution < 1.29 is 9.90 Å². The van der Waals surface area contributed by atoms with Crippen LogP contribution in [0.25, 0.3) is 0 Å². The van der Waals surface area contributed by atoms with Gasteiger partial charge in [-0.25, -0.2) is 0 Å². The predicted molar refractivity (Wildman–Crippen MR) is 91.4 cm³/mol. The zero-order chi connectivity index (χ0) is 16.6. The van der Waals surface area contributed by atoms with Crippen LogP contribution in [0, 0.1) is 41.4 Å². The van der Waals surface area contributed by atoms with Gasteiger partial charge < -0.3 is 10.4 Å². The minimum atomic E-state index is -0.328. The van der Waals surface area contributed by atoms with Crippen LogP contribution in [0.5, 0.6) is 0 Å². The van der Waals surface area contributed by atoms with Gasteiger partial charge in [-0.05, 0) is 80.0 Å². The molecule has 0 aromatic heterocycles. The SMILES string of the molecule is C#CC(=O)NCCCC1C(C)CC[C@]23CC(=C)[C@H](C[C@H](O)C12)C3. The van der Waals surface area contributed by atoms with E-state index in [4.69, 9.17) is 6.42 Å². The van der Waals surface area contributed by atoms with Crippen molar-refractivity contribution in [3.63, 3.8) is 0 Å². The number of fused-ring (bicyclic) bond motifs is 1. The number of nitrogens with one attached hydrogen (secondary N) is 1. The molecule has 0 radical (unpaired) electrons. The van der Waals surface area contributed by atoms with Crippen molar-refractivity contribution in [3.05, 3.63) is 12.2 Å². The van der Waals surface area contributed by atoms with E-state index in [1.807, 2.05) is 0 Å². The van der Waals surface area contributed by atoms with Crippen LogP contribution in [-0.2, 0) is 4.79 Å². The van der Waals surface area contributed by atoms with E-state index in [1.54, 1.807) is 0 Å². The molecule has 1 amide bonds. The highest BCUT2D eigenvalue weighted by atomic mass is 16.3. The van der Waals surface area contributed by atoms with Gasteiger partial charge in [0.25, 0.3) is 5.91 Å². The lowest BCUT2D eigenvalue weighted by atomic mass is 9.52. The van der Waals surface area contributed by atoms with E-state index >= 15 is 0 Å². The largest absolute Gasteiger partial charge is 0.393 e. The van der Waals surface area contributed by atoms with Crippen LogP contribution in [0.4, 0.5) is 0 Å². The molecule has 2 bridgehead atoms. The Hall–Kier alpha value is -1.27. The molecule has 0 aromatic rings. The van der Waals surface area contributed by atoms with Gasteiger partial charge in [-0.3, -0.25) is 4.79 Å². The predicted octanol–water partition coefficient (Wildman–Crippen LogP) is 2.90. The average Bonchev–Trinajstić information content (AvgIpc) is 2.77. The molecule has 3 saturated carbocycles. The normalized spacial score (nSPS) is 42.0. The van der Waals surface area contributed by atoms with Gasteiger partial charge in [0.1, 0.15) is 0 Å². The summed E-state index contributed by atoms with van der Waals surface area (Å²) >= 11 is 0. The standard InChI is InChI=1S/C20H29NO2/c1-4-18(23)21-9-5-6-16-13(2)7-8-20-11-14(3)15(12-20)10-17(22)19(16)20/h1,13,15-17,19,22H,3,5-12H2,2H3,(H,21,23)/t13?,15-,16?,17+,19?,20-/m1/s1. The summed E-state index contributed by atoms with van der Waals surface area (Å²) in [4.78, 5) is 11.1. The summed E-state index contributed by atoms with van der Waals surface area (Å²) in [5, 5.41) is 13.6. The molecule has 3 heteroatoms. The van der Waals surface area contributed by atoms with E-state index in [2.05, 4.69) is 24.7 Å². The monoisotopic (exact) mass is 315 g/mol. The van der Waals surface area contributed by atoms with Crippen LogP contribution in [0.1, 0.15) is 51.9 Å². The average molecular weight is 315 g/mol. The number of hydrogen-bond acceptors (Lipinski definition) is 2. The van der Waals surface area contributed by atoms with Crippen molar-refractivity contribution >= 4 is 5.91 Å². The molecule has 126 valence electrons.